The first kappa shape index (κ1) is 31.1. The summed E-state index contributed by atoms with van der Waals surface area (Å²) < 4.78 is 16.5. The van der Waals surface area contributed by atoms with Crippen LogP contribution in [-0.2, 0) is 23.9 Å². The second kappa shape index (κ2) is 14.0. The molecule has 0 aliphatic rings. The van der Waals surface area contributed by atoms with Gasteiger partial charge in [-0.3, -0.25) is 19.2 Å². The molecule has 0 aromatic heterocycles. The van der Waals surface area contributed by atoms with Crippen LogP contribution in [0.2, 0.25) is 0 Å². The smallest absolute Gasteiger partial charge is 0.321 e. The third kappa shape index (κ3) is 8.62. The molecule has 0 heterocycles. The number of carbonyl (C=O) groups is 4. The quantitative estimate of drug-likeness (QED) is 0.273. The average molecular weight is 508 g/mol. The van der Waals surface area contributed by atoms with Crippen LogP contribution in [0.3, 0.4) is 0 Å². The molecule has 0 aliphatic heterocycles. The highest BCUT2D eigenvalue weighted by Crippen LogP contribution is 2.38. The summed E-state index contributed by atoms with van der Waals surface area (Å²) in [6.07, 6.45) is 1.40. The number of aliphatic carboxylic acids is 1. The van der Waals surface area contributed by atoms with Gasteiger partial charge in [-0.05, 0) is 57.7 Å². The van der Waals surface area contributed by atoms with Crippen molar-refractivity contribution in [1.82, 2.24) is 0 Å². The van der Waals surface area contributed by atoms with E-state index in [2.05, 4.69) is 0 Å². The van der Waals surface area contributed by atoms with Crippen molar-refractivity contribution >= 4 is 23.9 Å². The van der Waals surface area contributed by atoms with Crippen LogP contribution in [0, 0.1) is 11.3 Å². The van der Waals surface area contributed by atoms with Crippen molar-refractivity contribution in [1.29, 1.82) is 0 Å². The van der Waals surface area contributed by atoms with Gasteiger partial charge in [0.2, 0.25) is 0 Å². The summed E-state index contributed by atoms with van der Waals surface area (Å²) in [7, 11) is 0. The molecule has 9 nitrogen and oxygen atoms in total. The van der Waals surface area contributed by atoms with E-state index in [-0.39, 0.29) is 30.3 Å². The van der Waals surface area contributed by atoms with E-state index in [1.165, 1.54) is 12.1 Å². The van der Waals surface area contributed by atoms with Crippen LogP contribution in [0.25, 0.3) is 0 Å². The number of esters is 3. The zero-order valence-electron chi connectivity index (χ0n) is 22.5. The lowest BCUT2D eigenvalue weighted by Gasteiger charge is -2.33. The Morgan fingerprint density at radius 2 is 1.47 bits per heavy atom. The van der Waals surface area contributed by atoms with E-state index in [4.69, 9.17) is 19.9 Å². The van der Waals surface area contributed by atoms with Crippen molar-refractivity contribution in [3.05, 3.63) is 23.8 Å². The largest absolute Gasteiger partial charge is 0.480 e. The van der Waals surface area contributed by atoms with Crippen LogP contribution in [0.4, 0.5) is 0 Å². The second-order valence-electron chi connectivity index (χ2n) is 9.75. The molecule has 0 amide bonds. The first-order valence-electron chi connectivity index (χ1n) is 12.5. The van der Waals surface area contributed by atoms with Crippen molar-refractivity contribution < 1.29 is 38.5 Å². The molecule has 0 spiro atoms. The first-order valence-corrected chi connectivity index (χ1v) is 12.5. The maximum Gasteiger partial charge on any atom is 0.321 e. The van der Waals surface area contributed by atoms with Gasteiger partial charge in [-0.15, -0.1) is 0 Å². The Kier molecular flexibility index (Phi) is 12.1. The van der Waals surface area contributed by atoms with Gasteiger partial charge in [0.05, 0.1) is 5.41 Å². The lowest BCUT2D eigenvalue weighted by molar-refractivity contribution is -0.162. The van der Waals surface area contributed by atoms with Crippen LogP contribution < -0.4 is 15.2 Å². The molecule has 4 atom stereocenters. The van der Waals surface area contributed by atoms with Gasteiger partial charge in [0, 0.05) is 24.7 Å². The van der Waals surface area contributed by atoms with Gasteiger partial charge in [-0.2, -0.15) is 0 Å². The third-order valence-electron chi connectivity index (χ3n) is 6.42. The van der Waals surface area contributed by atoms with Gasteiger partial charge >= 0.3 is 23.9 Å². The van der Waals surface area contributed by atoms with Crippen molar-refractivity contribution in [3.63, 3.8) is 0 Å². The molecular formula is C27H41NO8. The van der Waals surface area contributed by atoms with E-state index in [1.54, 1.807) is 33.8 Å². The second-order valence-corrected chi connectivity index (χ2v) is 9.75. The van der Waals surface area contributed by atoms with Crippen LogP contribution in [0.5, 0.6) is 11.5 Å². The molecule has 0 radical (unpaired) electrons. The third-order valence-corrected chi connectivity index (χ3v) is 6.42. The van der Waals surface area contributed by atoms with Gasteiger partial charge < -0.3 is 25.1 Å². The summed E-state index contributed by atoms with van der Waals surface area (Å²) >= 11 is 0. The van der Waals surface area contributed by atoms with E-state index in [9.17, 15) is 24.3 Å². The summed E-state index contributed by atoms with van der Waals surface area (Å²) in [6.45, 7) is 12.6. The summed E-state index contributed by atoms with van der Waals surface area (Å²) in [4.78, 5) is 48.9. The van der Waals surface area contributed by atoms with E-state index in [0.29, 0.717) is 24.8 Å². The van der Waals surface area contributed by atoms with Gasteiger partial charge in [0.15, 0.2) is 11.5 Å². The highest BCUT2D eigenvalue weighted by atomic mass is 16.6. The molecule has 0 saturated carbocycles. The van der Waals surface area contributed by atoms with Crippen LogP contribution >= 0.6 is 0 Å². The molecule has 3 unspecified atom stereocenters. The lowest BCUT2D eigenvalue weighted by Crippen LogP contribution is -2.43. The van der Waals surface area contributed by atoms with E-state index in [0.717, 1.165) is 0 Å². The fourth-order valence-corrected chi connectivity index (χ4v) is 3.52. The van der Waals surface area contributed by atoms with Crippen LogP contribution in [-0.4, -0.2) is 41.1 Å². The predicted molar refractivity (Wildman–Crippen MR) is 135 cm³/mol. The predicted octanol–water partition coefficient (Wildman–Crippen LogP) is 4.60. The van der Waals surface area contributed by atoms with Gasteiger partial charge in [-0.1, -0.05) is 33.8 Å². The zero-order chi connectivity index (χ0) is 27.6. The minimum atomic E-state index is -1.34. The Morgan fingerprint density at radius 1 is 0.944 bits per heavy atom. The molecule has 3 N–H and O–H groups in total. The van der Waals surface area contributed by atoms with Crippen molar-refractivity contribution in [2.24, 2.45) is 17.1 Å². The Hall–Kier alpha value is -2.94. The van der Waals surface area contributed by atoms with Crippen molar-refractivity contribution in [2.75, 3.05) is 0 Å². The number of benzene rings is 1. The number of ether oxygens (including phenoxy) is 3. The zero-order valence-corrected chi connectivity index (χ0v) is 22.5. The minimum Gasteiger partial charge on any atom is -0.480 e. The van der Waals surface area contributed by atoms with E-state index >= 15 is 0 Å². The Bertz CT molecular complexity index is 926. The molecular weight excluding hydrogens is 466 g/mol. The molecule has 0 aliphatic carbocycles. The Balaban J connectivity index is 3.45. The highest BCUT2D eigenvalue weighted by molar-refractivity contribution is 5.78. The van der Waals surface area contributed by atoms with Crippen LogP contribution in [0.1, 0.15) is 92.1 Å². The molecule has 0 fully saturated rings. The number of rotatable bonds is 14. The molecule has 1 rings (SSSR count). The number of carboxylic acid groups (broad SMARTS) is 1. The molecule has 36 heavy (non-hydrogen) atoms. The van der Waals surface area contributed by atoms with Crippen molar-refractivity contribution in [2.45, 2.75) is 98.6 Å². The maximum atomic E-state index is 12.6. The van der Waals surface area contributed by atoms with Gasteiger partial charge in [0.1, 0.15) is 12.1 Å². The maximum absolute atomic E-state index is 12.6. The normalized spacial score (nSPS) is 14.8. The van der Waals surface area contributed by atoms with Gasteiger partial charge in [0.25, 0.3) is 0 Å². The fourth-order valence-electron chi connectivity index (χ4n) is 3.52. The van der Waals surface area contributed by atoms with Gasteiger partial charge in [-0.25, -0.2) is 0 Å². The number of hydrogen-bond acceptors (Lipinski definition) is 8. The SMILES string of the molecule is CCCC(=O)Oc1ccc(C(C(C)C(C)OC(=O)C(C)(C)CC)[C@H](N)C(=O)O)cc1OC(=O)CCC. The molecule has 202 valence electrons. The number of hydrogen-bond donors (Lipinski definition) is 2. The summed E-state index contributed by atoms with van der Waals surface area (Å²) in [5.41, 5.74) is 5.86. The molecule has 0 saturated heterocycles. The summed E-state index contributed by atoms with van der Waals surface area (Å²) in [5, 5.41) is 9.72. The average Bonchev–Trinajstić information content (AvgIpc) is 2.80. The Labute approximate surface area is 213 Å². The van der Waals surface area contributed by atoms with E-state index in [1.807, 2.05) is 20.8 Å². The first-order chi connectivity index (χ1) is 16.8. The molecule has 9 heteroatoms. The van der Waals surface area contributed by atoms with Crippen LogP contribution in [0.15, 0.2) is 18.2 Å². The highest BCUT2D eigenvalue weighted by Gasteiger charge is 2.37. The molecule has 1 aromatic rings. The molecule has 0 bridgehead atoms. The van der Waals surface area contributed by atoms with Crippen molar-refractivity contribution in [3.8, 4) is 11.5 Å². The molecule has 1 aromatic carbocycles. The Morgan fingerprint density at radius 3 is 1.94 bits per heavy atom. The minimum absolute atomic E-state index is 0.00181. The number of carboxylic acids is 1. The number of carbonyl (C=O) groups excluding carboxylic acids is 3. The van der Waals surface area contributed by atoms with E-state index < -0.39 is 47.3 Å². The monoisotopic (exact) mass is 507 g/mol. The standard InChI is InChI=1S/C27H41NO8/c1-8-11-21(29)35-19-14-13-18(15-20(19)36-22(30)12-9-2)23(24(28)25(31)32)16(4)17(5)34-26(33)27(6,7)10-3/h13-17,23-24H,8-12,28H2,1-7H3,(H,31,32)/t16?,17?,23?,24-/m0/s1. The fraction of sp³-hybridized carbons (Fsp3) is 0.630. The lowest BCUT2D eigenvalue weighted by atomic mass is 9.79. The topological polar surface area (TPSA) is 142 Å². The number of nitrogens with two attached hydrogens (primary N) is 1. The summed E-state index contributed by atoms with van der Waals surface area (Å²) in [6, 6.07) is 3.17. The summed E-state index contributed by atoms with van der Waals surface area (Å²) in [5.74, 6) is -3.88.